The maximum Gasteiger partial charge on any atom is 0.269 e. The molecule has 8 nitrogen and oxygen atoms in total. The average molecular weight is 439 g/mol. The fourth-order valence-electron chi connectivity index (χ4n) is 3.54. The van der Waals surface area contributed by atoms with E-state index in [1.54, 1.807) is 18.2 Å². The molecular formula is C25H17N3O5. The zero-order chi connectivity index (χ0) is 22.8. The second-order valence-electron chi connectivity index (χ2n) is 7.32. The molecule has 33 heavy (non-hydrogen) atoms. The Balaban J connectivity index is 1.30. The highest BCUT2D eigenvalue weighted by molar-refractivity contribution is 5.97. The highest BCUT2D eigenvalue weighted by atomic mass is 16.6. The van der Waals surface area contributed by atoms with Gasteiger partial charge in [-0.2, -0.15) is 0 Å². The van der Waals surface area contributed by atoms with E-state index in [-0.39, 0.29) is 18.2 Å². The van der Waals surface area contributed by atoms with Gasteiger partial charge in [-0.3, -0.25) is 14.9 Å². The normalized spacial score (nSPS) is 10.9. The van der Waals surface area contributed by atoms with E-state index in [2.05, 4.69) is 10.3 Å². The molecule has 0 atom stereocenters. The number of aromatic nitrogens is 1. The number of fused-ring (bicyclic) bond motifs is 2. The molecule has 1 amide bonds. The molecule has 162 valence electrons. The molecule has 0 saturated carbocycles. The van der Waals surface area contributed by atoms with Crippen LogP contribution in [0, 0.1) is 10.1 Å². The van der Waals surface area contributed by atoms with Crippen LogP contribution in [0.3, 0.4) is 0 Å². The molecule has 0 aliphatic heterocycles. The van der Waals surface area contributed by atoms with E-state index in [9.17, 15) is 14.9 Å². The number of amides is 1. The summed E-state index contributed by atoms with van der Waals surface area (Å²) < 4.78 is 11.4. The Bertz CT molecular complexity index is 1490. The first-order valence-electron chi connectivity index (χ1n) is 10.1. The molecule has 4 aromatic carbocycles. The number of carbonyl (C=O) groups excluding carboxylic acids is 1. The molecule has 0 radical (unpaired) electrons. The van der Waals surface area contributed by atoms with E-state index >= 15 is 0 Å². The Kier molecular flexibility index (Phi) is 5.16. The van der Waals surface area contributed by atoms with Gasteiger partial charge in [-0.15, -0.1) is 0 Å². The second kappa shape index (κ2) is 8.43. The summed E-state index contributed by atoms with van der Waals surface area (Å²) in [5.74, 6) is 0.500. The maximum absolute atomic E-state index is 12.3. The van der Waals surface area contributed by atoms with Crippen molar-refractivity contribution in [2.45, 2.75) is 0 Å². The zero-order valence-electron chi connectivity index (χ0n) is 17.2. The Morgan fingerprint density at radius 3 is 2.61 bits per heavy atom. The fraction of sp³-hybridized carbons (Fsp3) is 0.0400. The highest BCUT2D eigenvalue weighted by Crippen LogP contribution is 2.31. The van der Waals surface area contributed by atoms with Crippen LogP contribution in [0.15, 0.2) is 89.3 Å². The van der Waals surface area contributed by atoms with Gasteiger partial charge in [0.2, 0.25) is 5.89 Å². The van der Waals surface area contributed by atoms with Gasteiger partial charge >= 0.3 is 0 Å². The van der Waals surface area contributed by atoms with Crippen molar-refractivity contribution in [3.05, 3.63) is 95.0 Å². The monoisotopic (exact) mass is 439 g/mol. The number of ether oxygens (including phenoxy) is 1. The van der Waals surface area contributed by atoms with Crippen LogP contribution in [0.25, 0.3) is 33.3 Å². The van der Waals surface area contributed by atoms with Crippen molar-refractivity contribution in [2.75, 3.05) is 11.9 Å². The van der Waals surface area contributed by atoms with Gasteiger partial charge in [0.1, 0.15) is 11.3 Å². The van der Waals surface area contributed by atoms with Gasteiger partial charge < -0.3 is 14.5 Å². The van der Waals surface area contributed by atoms with Gasteiger partial charge in [0.05, 0.1) is 4.92 Å². The number of nitro groups is 1. The summed E-state index contributed by atoms with van der Waals surface area (Å²) in [6.45, 7) is -0.240. The number of carbonyl (C=O) groups is 1. The third-order valence-electron chi connectivity index (χ3n) is 5.11. The van der Waals surface area contributed by atoms with Crippen molar-refractivity contribution in [1.82, 2.24) is 4.98 Å². The van der Waals surface area contributed by atoms with E-state index in [1.165, 1.54) is 24.3 Å². The number of hydrogen-bond acceptors (Lipinski definition) is 6. The van der Waals surface area contributed by atoms with E-state index in [0.717, 1.165) is 16.3 Å². The van der Waals surface area contributed by atoms with Gasteiger partial charge in [-0.25, -0.2) is 4.98 Å². The number of anilines is 1. The molecule has 0 unspecified atom stereocenters. The van der Waals surface area contributed by atoms with Crippen molar-refractivity contribution in [3.8, 4) is 17.2 Å². The van der Waals surface area contributed by atoms with Gasteiger partial charge in [0.15, 0.2) is 12.2 Å². The molecule has 5 rings (SSSR count). The number of hydrogen-bond donors (Lipinski definition) is 1. The van der Waals surface area contributed by atoms with Gasteiger partial charge in [-0.1, -0.05) is 36.4 Å². The summed E-state index contributed by atoms with van der Waals surface area (Å²) in [4.78, 5) is 27.1. The first kappa shape index (κ1) is 20.2. The highest BCUT2D eigenvalue weighted by Gasteiger charge is 2.13. The van der Waals surface area contributed by atoms with E-state index < -0.39 is 4.92 Å². The minimum absolute atomic E-state index is 0.0458. The maximum atomic E-state index is 12.3. The Hall–Kier alpha value is -4.72. The van der Waals surface area contributed by atoms with Crippen LogP contribution in [0.5, 0.6) is 5.75 Å². The number of non-ortho nitro benzene ring substituents is 1. The van der Waals surface area contributed by atoms with E-state index in [4.69, 9.17) is 9.15 Å². The Morgan fingerprint density at radius 1 is 1.00 bits per heavy atom. The summed E-state index contributed by atoms with van der Waals surface area (Å²) in [5, 5.41) is 15.6. The predicted octanol–water partition coefficient (Wildman–Crippen LogP) is 5.57. The number of oxazole rings is 1. The lowest BCUT2D eigenvalue weighted by molar-refractivity contribution is -0.384. The fourth-order valence-corrected chi connectivity index (χ4v) is 3.54. The molecule has 8 heteroatoms. The van der Waals surface area contributed by atoms with Gasteiger partial charge in [-0.05, 0) is 47.2 Å². The van der Waals surface area contributed by atoms with Crippen LogP contribution in [0.1, 0.15) is 0 Å². The van der Waals surface area contributed by atoms with E-state index in [1.807, 2.05) is 42.5 Å². The molecule has 0 fully saturated rings. The summed E-state index contributed by atoms with van der Waals surface area (Å²) in [6.07, 6.45) is 0. The molecule has 5 aromatic rings. The quantitative estimate of drug-likeness (QED) is 0.274. The standard InChI is InChI=1S/C25H17N3O5/c29-24(15-32-19-11-9-18(10-12-19)28(30)31)26-17-8-13-23-22(14-17)27-25(33-23)21-7-3-5-16-4-1-2-6-20(16)21/h1-14H,15H2,(H,26,29). The third-order valence-corrected chi connectivity index (χ3v) is 5.11. The number of nitrogens with one attached hydrogen (secondary N) is 1. The number of nitrogens with zero attached hydrogens (tertiary/aromatic N) is 2. The van der Waals surface area contributed by atoms with Crippen molar-refractivity contribution in [2.24, 2.45) is 0 Å². The summed E-state index contributed by atoms with van der Waals surface area (Å²) in [5.41, 5.74) is 2.63. The largest absolute Gasteiger partial charge is 0.484 e. The van der Waals surface area contributed by atoms with Crippen molar-refractivity contribution >= 4 is 39.2 Å². The molecule has 1 aromatic heterocycles. The summed E-state index contributed by atoms with van der Waals surface area (Å²) >= 11 is 0. The Morgan fingerprint density at radius 2 is 1.79 bits per heavy atom. The lowest BCUT2D eigenvalue weighted by Gasteiger charge is -2.07. The Labute approximate surface area is 187 Å². The van der Waals surface area contributed by atoms with Crippen LogP contribution in [-0.4, -0.2) is 22.4 Å². The second-order valence-corrected chi connectivity index (χ2v) is 7.32. The van der Waals surface area contributed by atoms with E-state index in [0.29, 0.717) is 28.4 Å². The molecule has 0 aliphatic rings. The van der Waals surface area contributed by atoms with Crippen LogP contribution < -0.4 is 10.1 Å². The molecular weight excluding hydrogens is 422 g/mol. The molecule has 0 spiro atoms. The number of nitro benzene ring substituents is 1. The summed E-state index contributed by atoms with van der Waals surface area (Å²) in [6, 6.07) is 24.7. The molecule has 1 N–H and O–H groups in total. The van der Waals surface area contributed by atoms with Crippen LogP contribution in [0.2, 0.25) is 0 Å². The van der Waals surface area contributed by atoms with Crippen molar-refractivity contribution in [1.29, 1.82) is 0 Å². The third kappa shape index (κ3) is 4.22. The van der Waals surface area contributed by atoms with Crippen LogP contribution in [0.4, 0.5) is 11.4 Å². The first-order valence-corrected chi connectivity index (χ1v) is 10.1. The summed E-state index contributed by atoms with van der Waals surface area (Å²) in [7, 11) is 0. The SMILES string of the molecule is O=C(COc1ccc([N+](=O)[O-])cc1)Nc1ccc2oc(-c3cccc4ccccc34)nc2c1. The predicted molar refractivity (Wildman–Crippen MR) is 124 cm³/mol. The first-order chi connectivity index (χ1) is 16.1. The lowest BCUT2D eigenvalue weighted by atomic mass is 10.0. The topological polar surface area (TPSA) is 108 Å². The van der Waals surface area contributed by atoms with Crippen molar-refractivity contribution < 1.29 is 18.9 Å². The average Bonchev–Trinajstić information content (AvgIpc) is 3.26. The minimum Gasteiger partial charge on any atom is -0.484 e. The lowest BCUT2D eigenvalue weighted by Crippen LogP contribution is -2.20. The minimum atomic E-state index is -0.498. The molecule has 1 heterocycles. The van der Waals surface area contributed by atoms with Crippen molar-refractivity contribution in [3.63, 3.8) is 0 Å². The molecule has 0 aliphatic carbocycles. The van der Waals surface area contributed by atoms with Crippen LogP contribution in [-0.2, 0) is 4.79 Å². The van der Waals surface area contributed by atoms with Crippen LogP contribution >= 0.6 is 0 Å². The smallest absolute Gasteiger partial charge is 0.269 e. The number of rotatable bonds is 6. The zero-order valence-corrected chi connectivity index (χ0v) is 17.2. The molecule has 0 saturated heterocycles. The van der Waals surface area contributed by atoms with Gasteiger partial charge in [0.25, 0.3) is 11.6 Å². The van der Waals surface area contributed by atoms with Gasteiger partial charge in [0, 0.05) is 23.4 Å². The number of benzene rings is 4. The molecule has 0 bridgehead atoms.